The van der Waals surface area contributed by atoms with Gasteiger partial charge in [-0.15, -0.1) is 11.8 Å². The number of para-hydroxylation sites is 1. The largest absolute Gasteiger partial charge is 0.477 e. The number of H-pyrrole nitrogens is 1. The second kappa shape index (κ2) is 8.44. The number of amides is 2. The van der Waals surface area contributed by atoms with Gasteiger partial charge in [0.1, 0.15) is 17.1 Å². The Morgan fingerprint density at radius 2 is 2.20 bits per heavy atom. The zero-order chi connectivity index (χ0) is 21.3. The number of aliphatic carboxylic acids is 1. The first-order chi connectivity index (χ1) is 14.5. The van der Waals surface area contributed by atoms with Crippen molar-refractivity contribution >= 4 is 47.0 Å². The van der Waals surface area contributed by atoms with Crippen LogP contribution in [-0.4, -0.2) is 60.7 Å². The van der Waals surface area contributed by atoms with E-state index in [4.69, 9.17) is 5.73 Å². The zero-order valence-corrected chi connectivity index (χ0v) is 17.3. The number of carbonyl (C=O) groups excluding carboxylic acids is 2. The summed E-state index contributed by atoms with van der Waals surface area (Å²) in [5.74, 6) is -1.03. The minimum atomic E-state index is -1.15. The summed E-state index contributed by atoms with van der Waals surface area (Å²) in [6.45, 7) is 0. The molecule has 0 aliphatic carbocycles. The number of nitrogens with zero attached hydrogens (tertiary/aromatic N) is 2. The second-order valence-corrected chi connectivity index (χ2v) is 8.84. The Labute approximate surface area is 180 Å². The van der Waals surface area contributed by atoms with Gasteiger partial charge >= 0.3 is 5.97 Å². The highest BCUT2D eigenvalue weighted by atomic mass is 32.2. The summed E-state index contributed by atoms with van der Waals surface area (Å²) in [7, 11) is 0. The molecule has 1 saturated heterocycles. The predicted molar refractivity (Wildman–Crippen MR) is 114 cm³/mol. The summed E-state index contributed by atoms with van der Waals surface area (Å²) >= 11 is 2.82. The molecule has 11 heteroatoms. The summed E-state index contributed by atoms with van der Waals surface area (Å²) < 4.78 is 0. The van der Waals surface area contributed by atoms with Crippen LogP contribution in [0.15, 0.2) is 53.1 Å². The topological polar surface area (TPSA) is 141 Å². The summed E-state index contributed by atoms with van der Waals surface area (Å²) in [5, 5.41) is 12.7. The van der Waals surface area contributed by atoms with Gasteiger partial charge in [0.25, 0.3) is 5.91 Å². The molecule has 0 radical (unpaired) electrons. The number of β-lactam (4-membered cyclic amide) rings is 1. The van der Waals surface area contributed by atoms with Crippen LogP contribution in [0.4, 0.5) is 5.69 Å². The van der Waals surface area contributed by atoms with E-state index in [0.29, 0.717) is 33.5 Å². The number of carboxylic acid groups (broad SMARTS) is 1. The number of anilines is 1. The summed E-state index contributed by atoms with van der Waals surface area (Å²) in [4.78, 5) is 45.3. The Bertz CT molecular complexity index is 1020. The number of carboxylic acids is 1. The van der Waals surface area contributed by atoms with Crippen LogP contribution in [0.1, 0.15) is 5.56 Å². The minimum absolute atomic E-state index is 0.000564. The molecule has 30 heavy (non-hydrogen) atoms. The SMILES string of the molecule is Nc1ccccc1CC(=O)NC1C(=O)N2C(C(=O)O)=C(CSc3ncc[nH]3)CS[C@H]12. The molecular formula is C19H19N5O4S2. The van der Waals surface area contributed by atoms with Crippen molar-refractivity contribution < 1.29 is 19.5 Å². The molecule has 2 amide bonds. The van der Waals surface area contributed by atoms with Gasteiger partial charge in [-0.2, -0.15) is 0 Å². The standard InChI is InChI=1S/C19H19N5O4S2/c20-12-4-2-1-3-10(12)7-13(25)23-14-16(26)24-15(18(27)28)11(8-29-17(14)24)9-30-19-21-5-6-22-19/h1-6,14,17H,7-9,20H2,(H,21,22)(H,23,25)(H,27,28)/t14?,17-/m1/s1. The molecule has 1 aromatic heterocycles. The smallest absolute Gasteiger partial charge is 0.352 e. The maximum Gasteiger partial charge on any atom is 0.352 e. The number of fused-ring (bicyclic) bond motifs is 1. The monoisotopic (exact) mass is 445 g/mol. The van der Waals surface area contributed by atoms with Gasteiger partial charge in [-0.05, 0) is 17.2 Å². The summed E-state index contributed by atoms with van der Waals surface area (Å²) in [5.41, 5.74) is 7.71. The predicted octanol–water partition coefficient (Wildman–Crippen LogP) is 1.07. The number of rotatable bonds is 7. The number of nitrogens with one attached hydrogen (secondary N) is 2. The number of hydrogen-bond acceptors (Lipinski definition) is 7. The first kappa shape index (κ1) is 20.4. The van der Waals surface area contributed by atoms with Crippen LogP contribution in [0.2, 0.25) is 0 Å². The molecule has 0 spiro atoms. The Kier molecular flexibility index (Phi) is 5.73. The van der Waals surface area contributed by atoms with E-state index in [-0.39, 0.29) is 18.0 Å². The van der Waals surface area contributed by atoms with Gasteiger partial charge in [-0.25, -0.2) is 9.78 Å². The van der Waals surface area contributed by atoms with Gasteiger partial charge in [0.2, 0.25) is 5.91 Å². The lowest BCUT2D eigenvalue weighted by Gasteiger charge is -2.49. The number of nitrogen functional groups attached to an aromatic ring is 1. The minimum Gasteiger partial charge on any atom is -0.477 e. The summed E-state index contributed by atoms with van der Waals surface area (Å²) in [6.07, 6.45) is 3.37. The molecule has 1 aromatic carbocycles. The molecular weight excluding hydrogens is 426 g/mol. The van der Waals surface area contributed by atoms with E-state index in [1.807, 2.05) is 0 Å². The van der Waals surface area contributed by atoms with Gasteiger partial charge < -0.3 is 21.1 Å². The fourth-order valence-electron chi connectivity index (χ4n) is 3.37. The number of carbonyl (C=O) groups is 3. The van der Waals surface area contributed by atoms with E-state index < -0.39 is 23.3 Å². The first-order valence-corrected chi connectivity index (χ1v) is 11.1. The van der Waals surface area contributed by atoms with Crippen molar-refractivity contribution in [1.82, 2.24) is 20.2 Å². The quantitative estimate of drug-likeness (QED) is 0.282. The molecule has 1 unspecified atom stereocenters. The van der Waals surface area contributed by atoms with Gasteiger partial charge in [0.05, 0.1) is 6.42 Å². The number of aromatic nitrogens is 2. The maximum atomic E-state index is 12.7. The lowest BCUT2D eigenvalue weighted by Crippen LogP contribution is -2.70. The fraction of sp³-hybridized carbons (Fsp3) is 0.263. The molecule has 4 rings (SSSR count). The van der Waals surface area contributed by atoms with Crippen LogP contribution >= 0.6 is 23.5 Å². The van der Waals surface area contributed by atoms with Crippen LogP contribution in [0, 0.1) is 0 Å². The van der Waals surface area contributed by atoms with E-state index in [0.717, 1.165) is 0 Å². The van der Waals surface area contributed by atoms with Crippen molar-refractivity contribution in [3.63, 3.8) is 0 Å². The van der Waals surface area contributed by atoms with Crippen molar-refractivity contribution in [2.24, 2.45) is 0 Å². The zero-order valence-electron chi connectivity index (χ0n) is 15.7. The van der Waals surface area contributed by atoms with Crippen LogP contribution in [-0.2, 0) is 20.8 Å². The molecule has 0 bridgehead atoms. The Morgan fingerprint density at radius 3 is 2.90 bits per heavy atom. The van der Waals surface area contributed by atoms with Gasteiger partial charge in [0.15, 0.2) is 5.16 Å². The van der Waals surface area contributed by atoms with E-state index in [2.05, 4.69) is 15.3 Å². The lowest BCUT2D eigenvalue weighted by molar-refractivity contribution is -0.150. The fourth-order valence-corrected chi connectivity index (χ4v) is 5.68. The number of nitrogens with two attached hydrogens (primary N) is 1. The van der Waals surface area contributed by atoms with Crippen molar-refractivity contribution in [2.75, 3.05) is 17.2 Å². The lowest BCUT2D eigenvalue weighted by atomic mass is 10.0. The Morgan fingerprint density at radius 1 is 1.40 bits per heavy atom. The van der Waals surface area contributed by atoms with Crippen LogP contribution in [0.3, 0.4) is 0 Å². The van der Waals surface area contributed by atoms with Crippen LogP contribution in [0.25, 0.3) is 0 Å². The highest BCUT2D eigenvalue weighted by Gasteiger charge is 2.54. The molecule has 2 atom stereocenters. The van der Waals surface area contributed by atoms with Gasteiger partial charge in [-0.1, -0.05) is 30.0 Å². The Hall–Kier alpha value is -2.92. The van der Waals surface area contributed by atoms with E-state index in [9.17, 15) is 19.5 Å². The Balaban J connectivity index is 1.44. The van der Waals surface area contributed by atoms with E-state index in [1.54, 1.807) is 36.7 Å². The number of aromatic amines is 1. The third-order valence-electron chi connectivity index (χ3n) is 4.83. The molecule has 156 valence electrons. The van der Waals surface area contributed by atoms with Crippen molar-refractivity contribution in [3.8, 4) is 0 Å². The molecule has 2 aliphatic heterocycles. The van der Waals surface area contributed by atoms with Crippen LogP contribution < -0.4 is 11.1 Å². The molecule has 2 aliphatic rings. The third kappa shape index (κ3) is 3.90. The summed E-state index contributed by atoms with van der Waals surface area (Å²) in [6, 6.07) is 6.29. The van der Waals surface area contributed by atoms with Crippen LogP contribution in [0.5, 0.6) is 0 Å². The average Bonchev–Trinajstić information content (AvgIpc) is 3.25. The van der Waals surface area contributed by atoms with E-state index >= 15 is 0 Å². The van der Waals surface area contributed by atoms with Crippen molar-refractivity contribution in [3.05, 3.63) is 53.5 Å². The van der Waals surface area contributed by atoms with Gasteiger partial charge in [0, 0.05) is 29.6 Å². The number of thioether (sulfide) groups is 2. The number of imidazole rings is 1. The molecule has 0 saturated carbocycles. The van der Waals surface area contributed by atoms with Crippen molar-refractivity contribution in [2.45, 2.75) is 23.0 Å². The number of hydrogen-bond donors (Lipinski definition) is 4. The average molecular weight is 446 g/mol. The maximum absolute atomic E-state index is 12.7. The highest BCUT2D eigenvalue weighted by molar-refractivity contribution is 8.01. The molecule has 1 fully saturated rings. The molecule has 2 aromatic rings. The molecule has 5 N–H and O–H groups in total. The molecule has 9 nitrogen and oxygen atoms in total. The normalized spacial score (nSPS) is 20.5. The highest BCUT2D eigenvalue weighted by Crippen LogP contribution is 2.41. The van der Waals surface area contributed by atoms with Crippen molar-refractivity contribution in [1.29, 1.82) is 0 Å². The molecule has 3 heterocycles. The third-order valence-corrected chi connectivity index (χ3v) is 7.16. The first-order valence-electron chi connectivity index (χ1n) is 9.10. The number of benzene rings is 1. The van der Waals surface area contributed by atoms with Gasteiger partial charge in [-0.3, -0.25) is 14.5 Å². The van der Waals surface area contributed by atoms with E-state index in [1.165, 1.54) is 28.4 Å². The second-order valence-electron chi connectivity index (χ2n) is 6.77.